The summed E-state index contributed by atoms with van der Waals surface area (Å²) in [5.41, 5.74) is 0.287. The van der Waals surface area contributed by atoms with E-state index in [-0.39, 0.29) is 29.1 Å². The number of fused-ring (bicyclic) bond motifs is 1. The predicted molar refractivity (Wildman–Crippen MR) is 132 cm³/mol. The fourth-order valence-electron chi connectivity index (χ4n) is 3.87. The minimum absolute atomic E-state index is 0.142. The van der Waals surface area contributed by atoms with Gasteiger partial charge >= 0.3 is 5.69 Å². The van der Waals surface area contributed by atoms with Gasteiger partial charge in [0.25, 0.3) is 11.2 Å². The summed E-state index contributed by atoms with van der Waals surface area (Å²) in [6.07, 6.45) is 1.46. The van der Waals surface area contributed by atoms with Crippen molar-refractivity contribution in [2.24, 2.45) is 0 Å². The fraction of sp³-hybridized carbons (Fsp3) is 0.250. The molecule has 2 heterocycles. The highest BCUT2D eigenvalue weighted by Gasteiger charge is 2.20. The van der Waals surface area contributed by atoms with Gasteiger partial charge in [0.05, 0.1) is 24.4 Å². The maximum Gasteiger partial charge on any atom is 0.333 e. The molecule has 186 valence electrons. The Morgan fingerprint density at radius 3 is 2.58 bits per heavy atom. The summed E-state index contributed by atoms with van der Waals surface area (Å²) in [5, 5.41) is 13.8. The van der Waals surface area contributed by atoms with Gasteiger partial charge in [-0.2, -0.15) is 0 Å². The van der Waals surface area contributed by atoms with Crippen molar-refractivity contribution in [1.82, 2.24) is 18.7 Å². The van der Waals surface area contributed by atoms with E-state index in [4.69, 9.17) is 4.74 Å². The van der Waals surface area contributed by atoms with Gasteiger partial charge in [-0.3, -0.25) is 24.3 Å². The molecule has 0 radical (unpaired) electrons. The summed E-state index contributed by atoms with van der Waals surface area (Å²) in [4.78, 5) is 54.5. The number of carbonyl (C=O) groups excluding carboxylic acids is 1. The first-order valence-corrected chi connectivity index (χ1v) is 11.1. The van der Waals surface area contributed by atoms with Crippen molar-refractivity contribution >= 4 is 28.4 Å². The lowest BCUT2D eigenvalue weighted by Crippen LogP contribution is -2.43. The molecule has 0 atom stereocenters. The molecule has 0 saturated carbocycles. The number of ether oxygens (including phenoxy) is 1. The Labute approximate surface area is 204 Å². The molecular weight excluding hydrogens is 468 g/mol. The second kappa shape index (κ2) is 10.4. The Bertz CT molecular complexity index is 1550. The van der Waals surface area contributed by atoms with Gasteiger partial charge in [0.2, 0.25) is 5.91 Å². The number of carbonyl (C=O) groups is 1. The first kappa shape index (κ1) is 24.5. The van der Waals surface area contributed by atoms with Crippen LogP contribution in [0.3, 0.4) is 0 Å². The van der Waals surface area contributed by atoms with Gasteiger partial charge < -0.3 is 14.6 Å². The molecule has 4 aromatic rings. The van der Waals surface area contributed by atoms with Crippen LogP contribution in [0.2, 0.25) is 0 Å². The maximum atomic E-state index is 13.4. The number of rotatable bonds is 9. The average molecular weight is 492 g/mol. The van der Waals surface area contributed by atoms with Gasteiger partial charge in [-0.05, 0) is 18.6 Å². The quantitative estimate of drug-likeness (QED) is 0.278. The van der Waals surface area contributed by atoms with Crippen molar-refractivity contribution in [3.05, 3.63) is 96.9 Å². The van der Waals surface area contributed by atoms with Crippen LogP contribution in [0.4, 0.5) is 11.4 Å². The van der Waals surface area contributed by atoms with Crippen molar-refractivity contribution in [3.8, 4) is 0 Å². The Hall–Kier alpha value is -4.58. The van der Waals surface area contributed by atoms with Crippen LogP contribution in [-0.4, -0.2) is 43.2 Å². The highest BCUT2D eigenvalue weighted by atomic mass is 16.6. The Balaban J connectivity index is 1.75. The molecule has 36 heavy (non-hydrogen) atoms. The zero-order chi connectivity index (χ0) is 25.8. The number of hydrogen-bond donors (Lipinski definition) is 1. The first-order chi connectivity index (χ1) is 17.3. The van der Waals surface area contributed by atoms with E-state index in [1.54, 1.807) is 11.5 Å². The molecule has 0 unspecified atom stereocenters. The largest absolute Gasteiger partial charge is 0.383 e. The van der Waals surface area contributed by atoms with Gasteiger partial charge in [0.15, 0.2) is 11.2 Å². The van der Waals surface area contributed by atoms with E-state index < -0.39 is 28.6 Å². The van der Waals surface area contributed by atoms with Crippen LogP contribution < -0.4 is 16.6 Å². The van der Waals surface area contributed by atoms with E-state index in [9.17, 15) is 24.5 Å². The lowest BCUT2D eigenvalue weighted by atomic mass is 10.2. The molecular formula is C24H24N6O6. The smallest absolute Gasteiger partial charge is 0.333 e. The molecule has 4 rings (SSSR count). The highest BCUT2D eigenvalue weighted by molar-refractivity contribution is 5.91. The Kier molecular flexibility index (Phi) is 7.06. The van der Waals surface area contributed by atoms with Crippen LogP contribution in [0, 0.1) is 17.0 Å². The van der Waals surface area contributed by atoms with Gasteiger partial charge in [-0.15, -0.1) is 0 Å². The van der Waals surface area contributed by atoms with Gasteiger partial charge in [0.1, 0.15) is 6.54 Å². The second-order valence-corrected chi connectivity index (χ2v) is 8.16. The molecule has 12 nitrogen and oxygen atoms in total. The van der Waals surface area contributed by atoms with Crippen LogP contribution >= 0.6 is 0 Å². The van der Waals surface area contributed by atoms with E-state index in [0.29, 0.717) is 18.7 Å². The number of methoxy groups -OCH3 is 1. The third-order valence-electron chi connectivity index (χ3n) is 5.69. The van der Waals surface area contributed by atoms with E-state index in [1.807, 2.05) is 30.3 Å². The van der Waals surface area contributed by atoms with Crippen molar-refractivity contribution in [3.63, 3.8) is 0 Å². The standard InChI is InChI=1S/C24H24N6O6/c1-16-8-9-18(12-19(16)30(34)35)26-20(31)14-29-23(32)21-22(25-15-27(21)10-11-36-2)28(24(29)33)13-17-6-4-3-5-7-17/h3-9,12,15H,10-11,13-14H2,1-2H3,(H,26,31). The van der Waals surface area contributed by atoms with Crippen LogP contribution in [0.5, 0.6) is 0 Å². The first-order valence-electron chi connectivity index (χ1n) is 11.1. The molecule has 0 spiro atoms. The molecule has 0 aliphatic carbocycles. The summed E-state index contributed by atoms with van der Waals surface area (Å²) in [6.45, 7) is 1.78. The number of benzene rings is 2. The van der Waals surface area contributed by atoms with Gasteiger partial charge in [-0.1, -0.05) is 36.4 Å². The van der Waals surface area contributed by atoms with Crippen LogP contribution in [-0.2, 0) is 29.2 Å². The van der Waals surface area contributed by atoms with E-state index in [0.717, 1.165) is 10.1 Å². The number of nitro groups is 1. The number of aromatic nitrogens is 4. The lowest BCUT2D eigenvalue weighted by molar-refractivity contribution is -0.385. The van der Waals surface area contributed by atoms with Crippen molar-refractivity contribution < 1.29 is 14.5 Å². The molecule has 12 heteroatoms. The third kappa shape index (κ3) is 4.93. The predicted octanol–water partition coefficient (Wildman–Crippen LogP) is 1.91. The third-order valence-corrected chi connectivity index (χ3v) is 5.69. The molecule has 1 N–H and O–H groups in total. The van der Waals surface area contributed by atoms with Crippen LogP contribution in [0.1, 0.15) is 11.1 Å². The highest BCUT2D eigenvalue weighted by Crippen LogP contribution is 2.22. The summed E-state index contributed by atoms with van der Waals surface area (Å²) < 4.78 is 8.88. The SMILES string of the molecule is COCCn1cnc2c1c(=O)n(CC(=O)Nc1ccc(C)c([N+](=O)[O-])c1)c(=O)n2Cc1ccccc1. The number of amides is 1. The number of imidazole rings is 1. The zero-order valence-electron chi connectivity index (χ0n) is 19.7. The van der Waals surface area contributed by atoms with Gasteiger partial charge in [-0.25, -0.2) is 14.3 Å². The van der Waals surface area contributed by atoms with Crippen molar-refractivity contribution in [2.45, 2.75) is 26.6 Å². The average Bonchev–Trinajstić information content (AvgIpc) is 3.28. The van der Waals surface area contributed by atoms with E-state index in [1.165, 1.54) is 36.2 Å². The molecule has 2 aromatic carbocycles. The summed E-state index contributed by atoms with van der Waals surface area (Å²) in [5.74, 6) is -0.680. The van der Waals surface area contributed by atoms with Crippen molar-refractivity contribution in [1.29, 1.82) is 0 Å². The number of nitro benzene ring substituents is 1. The second-order valence-electron chi connectivity index (χ2n) is 8.16. The number of hydrogen-bond acceptors (Lipinski definition) is 7. The molecule has 0 bridgehead atoms. The normalized spacial score (nSPS) is 11.1. The molecule has 2 aromatic heterocycles. The lowest BCUT2D eigenvalue weighted by Gasteiger charge is -2.13. The number of nitrogens with zero attached hydrogens (tertiary/aromatic N) is 5. The number of nitrogens with one attached hydrogen (secondary N) is 1. The summed E-state index contributed by atoms with van der Waals surface area (Å²) in [6, 6.07) is 13.4. The summed E-state index contributed by atoms with van der Waals surface area (Å²) in [7, 11) is 1.53. The Morgan fingerprint density at radius 2 is 1.89 bits per heavy atom. The van der Waals surface area contributed by atoms with E-state index in [2.05, 4.69) is 10.3 Å². The minimum Gasteiger partial charge on any atom is -0.383 e. The van der Waals surface area contributed by atoms with Crippen molar-refractivity contribution in [2.75, 3.05) is 19.0 Å². The molecule has 0 aliphatic heterocycles. The van der Waals surface area contributed by atoms with Crippen LogP contribution in [0.15, 0.2) is 64.4 Å². The molecule has 0 fully saturated rings. The zero-order valence-corrected chi connectivity index (χ0v) is 19.7. The molecule has 0 aliphatic rings. The monoisotopic (exact) mass is 492 g/mol. The minimum atomic E-state index is -0.696. The van der Waals surface area contributed by atoms with E-state index >= 15 is 0 Å². The Morgan fingerprint density at radius 1 is 1.14 bits per heavy atom. The topological polar surface area (TPSA) is 143 Å². The number of aryl methyl sites for hydroxylation is 1. The van der Waals surface area contributed by atoms with Gasteiger partial charge in [0, 0.05) is 31.0 Å². The molecule has 1 amide bonds. The maximum absolute atomic E-state index is 13.4. The summed E-state index contributed by atoms with van der Waals surface area (Å²) >= 11 is 0. The number of anilines is 1. The molecule has 0 saturated heterocycles. The fourth-order valence-corrected chi connectivity index (χ4v) is 3.87. The van der Waals surface area contributed by atoms with Crippen LogP contribution in [0.25, 0.3) is 11.2 Å².